The van der Waals surface area contributed by atoms with Gasteiger partial charge in [-0.1, -0.05) is 6.92 Å². The Balaban J connectivity index is 1.37. The molecular weight excluding hydrogens is 502 g/mol. The fraction of sp³-hybridized carbons (Fsp3) is 0.393. The highest BCUT2D eigenvalue weighted by Gasteiger charge is 2.27. The first kappa shape index (κ1) is 26.6. The number of hydrogen-bond donors (Lipinski definition) is 1. The van der Waals surface area contributed by atoms with Crippen molar-refractivity contribution in [3.8, 4) is 11.3 Å². The third-order valence-electron chi connectivity index (χ3n) is 7.13. The van der Waals surface area contributed by atoms with Crippen molar-refractivity contribution in [1.82, 2.24) is 34.3 Å². The lowest BCUT2D eigenvalue weighted by Crippen LogP contribution is -2.53. The summed E-state index contributed by atoms with van der Waals surface area (Å²) in [6.45, 7) is 13.3. The van der Waals surface area contributed by atoms with Crippen LogP contribution in [-0.2, 0) is 0 Å². The first-order valence-electron chi connectivity index (χ1n) is 13.1. The van der Waals surface area contributed by atoms with Crippen LogP contribution >= 0.6 is 0 Å². The predicted molar refractivity (Wildman–Crippen MR) is 146 cm³/mol. The van der Waals surface area contributed by atoms with Crippen LogP contribution in [0.15, 0.2) is 36.7 Å². The Morgan fingerprint density at radius 3 is 2.56 bits per heavy atom. The monoisotopic (exact) mass is 534 g/mol. The van der Waals surface area contributed by atoms with Crippen LogP contribution in [0.2, 0.25) is 0 Å². The summed E-state index contributed by atoms with van der Waals surface area (Å²) in [6, 6.07) is 6.42. The van der Waals surface area contributed by atoms with Gasteiger partial charge in [0.1, 0.15) is 22.9 Å². The van der Waals surface area contributed by atoms with Gasteiger partial charge in [0.05, 0.1) is 17.3 Å². The highest BCUT2D eigenvalue weighted by Crippen LogP contribution is 2.30. The van der Waals surface area contributed by atoms with Crippen molar-refractivity contribution in [3.63, 3.8) is 0 Å². The molecule has 0 radical (unpaired) electrons. The number of imidazole rings is 1. The Kier molecular flexibility index (Phi) is 7.26. The Hall–Kier alpha value is -3.99. The van der Waals surface area contributed by atoms with E-state index in [9.17, 15) is 13.6 Å². The van der Waals surface area contributed by atoms with E-state index in [1.54, 1.807) is 18.2 Å². The van der Waals surface area contributed by atoms with Gasteiger partial charge in [0, 0.05) is 43.5 Å². The number of halogens is 2. The SMILES string of the molecule is CCN1CCN(C(=O)c2ccc(Nc3ncc(F)c(-c4cc(F)c5nc(C)n(C(C)C)c5c4)n3)nc2)[C@@H](C)C1. The van der Waals surface area contributed by atoms with Crippen molar-refractivity contribution in [2.24, 2.45) is 0 Å². The van der Waals surface area contributed by atoms with Gasteiger partial charge in [-0.15, -0.1) is 0 Å². The molecule has 11 heteroatoms. The fourth-order valence-corrected chi connectivity index (χ4v) is 5.18. The molecule has 0 saturated carbocycles. The smallest absolute Gasteiger partial charge is 0.255 e. The summed E-state index contributed by atoms with van der Waals surface area (Å²) in [5, 5.41) is 2.95. The largest absolute Gasteiger partial charge is 0.333 e. The van der Waals surface area contributed by atoms with E-state index in [1.165, 1.54) is 12.3 Å². The number of hydrogen-bond acceptors (Lipinski definition) is 7. The van der Waals surface area contributed by atoms with E-state index in [0.29, 0.717) is 29.3 Å². The summed E-state index contributed by atoms with van der Waals surface area (Å²) < 4.78 is 31.7. The summed E-state index contributed by atoms with van der Waals surface area (Å²) in [4.78, 5) is 34.3. The molecule has 1 fully saturated rings. The van der Waals surface area contributed by atoms with E-state index in [1.807, 2.05) is 37.2 Å². The summed E-state index contributed by atoms with van der Waals surface area (Å²) in [5.74, 6) is -0.139. The number of carbonyl (C=O) groups is 1. The summed E-state index contributed by atoms with van der Waals surface area (Å²) >= 11 is 0. The molecule has 1 N–H and O–H groups in total. The minimum Gasteiger partial charge on any atom is -0.333 e. The van der Waals surface area contributed by atoms with Gasteiger partial charge < -0.3 is 14.8 Å². The Morgan fingerprint density at radius 1 is 1.10 bits per heavy atom. The van der Waals surface area contributed by atoms with Crippen molar-refractivity contribution < 1.29 is 13.6 Å². The fourth-order valence-electron chi connectivity index (χ4n) is 5.18. The summed E-state index contributed by atoms with van der Waals surface area (Å²) in [5.41, 5.74) is 1.51. The second-order valence-electron chi connectivity index (χ2n) is 10.1. The second-order valence-corrected chi connectivity index (χ2v) is 10.1. The highest BCUT2D eigenvalue weighted by atomic mass is 19.1. The minimum absolute atomic E-state index is 0.0437. The molecular formula is C28H32F2N8O. The topological polar surface area (TPSA) is 92.1 Å². The lowest BCUT2D eigenvalue weighted by Gasteiger charge is -2.39. The number of benzene rings is 1. The molecule has 0 aliphatic carbocycles. The number of fused-ring (bicyclic) bond motifs is 1. The molecule has 1 aromatic carbocycles. The second kappa shape index (κ2) is 10.6. The average Bonchev–Trinajstić information content (AvgIpc) is 3.26. The Bertz CT molecular complexity index is 1520. The van der Waals surface area contributed by atoms with Crippen molar-refractivity contribution in [2.45, 2.75) is 46.7 Å². The van der Waals surface area contributed by atoms with Crippen molar-refractivity contribution in [2.75, 3.05) is 31.5 Å². The van der Waals surface area contributed by atoms with E-state index < -0.39 is 11.6 Å². The molecule has 5 rings (SSSR count). The molecule has 1 amide bonds. The number of piperazine rings is 1. The first-order chi connectivity index (χ1) is 18.7. The highest BCUT2D eigenvalue weighted by molar-refractivity contribution is 5.94. The number of aryl methyl sites for hydroxylation is 1. The third kappa shape index (κ3) is 5.18. The zero-order valence-corrected chi connectivity index (χ0v) is 22.7. The Labute approximate surface area is 225 Å². The molecule has 1 atom stereocenters. The quantitative estimate of drug-likeness (QED) is 0.374. The summed E-state index contributed by atoms with van der Waals surface area (Å²) in [7, 11) is 0. The number of anilines is 2. The predicted octanol–water partition coefficient (Wildman–Crippen LogP) is 4.97. The van der Waals surface area contributed by atoms with Crippen LogP contribution in [0, 0.1) is 18.6 Å². The number of carbonyl (C=O) groups excluding carboxylic acids is 1. The number of nitrogens with zero attached hydrogens (tertiary/aromatic N) is 7. The molecule has 1 saturated heterocycles. The van der Waals surface area contributed by atoms with E-state index in [4.69, 9.17) is 0 Å². The van der Waals surface area contributed by atoms with Crippen LogP contribution in [0.3, 0.4) is 0 Å². The lowest BCUT2D eigenvalue weighted by atomic mass is 10.1. The maximum atomic E-state index is 15.0. The zero-order chi connectivity index (χ0) is 27.8. The van der Waals surface area contributed by atoms with Crippen LogP contribution in [0.25, 0.3) is 22.3 Å². The molecule has 1 aliphatic rings. The van der Waals surface area contributed by atoms with Crippen LogP contribution < -0.4 is 5.32 Å². The number of amides is 1. The molecule has 3 aromatic heterocycles. The minimum atomic E-state index is -0.683. The van der Waals surface area contributed by atoms with E-state index in [-0.39, 0.29) is 40.7 Å². The molecule has 1 aliphatic heterocycles. The van der Waals surface area contributed by atoms with Gasteiger partial charge in [0.15, 0.2) is 11.6 Å². The van der Waals surface area contributed by atoms with E-state index >= 15 is 0 Å². The number of rotatable bonds is 6. The average molecular weight is 535 g/mol. The Morgan fingerprint density at radius 2 is 1.90 bits per heavy atom. The van der Waals surface area contributed by atoms with Gasteiger partial charge in [-0.25, -0.2) is 28.7 Å². The zero-order valence-electron chi connectivity index (χ0n) is 22.7. The molecule has 0 spiro atoms. The van der Waals surface area contributed by atoms with Gasteiger partial charge in [-0.05, 0) is 58.5 Å². The van der Waals surface area contributed by atoms with Crippen LogP contribution in [0.1, 0.15) is 49.9 Å². The maximum Gasteiger partial charge on any atom is 0.255 e. The van der Waals surface area contributed by atoms with Crippen LogP contribution in [0.5, 0.6) is 0 Å². The number of nitrogens with one attached hydrogen (secondary N) is 1. The molecule has 204 valence electrons. The molecule has 0 bridgehead atoms. The molecule has 39 heavy (non-hydrogen) atoms. The van der Waals surface area contributed by atoms with Gasteiger partial charge in [0.25, 0.3) is 5.91 Å². The van der Waals surface area contributed by atoms with Crippen LogP contribution in [-0.4, -0.2) is 72.4 Å². The first-order valence-corrected chi connectivity index (χ1v) is 13.1. The van der Waals surface area contributed by atoms with Crippen molar-refractivity contribution >= 4 is 28.7 Å². The van der Waals surface area contributed by atoms with E-state index in [0.717, 1.165) is 25.8 Å². The molecule has 0 unspecified atom stereocenters. The lowest BCUT2D eigenvalue weighted by molar-refractivity contribution is 0.0499. The molecule has 4 aromatic rings. The standard InChI is InChI=1S/C28H32F2N8O/c1-6-36-9-10-37(17(4)15-36)27(39)19-7-8-24(31-13-19)34-28-32-14-22(30)25(35-28)20-11-21(29)26-23(12-20)38(16(2)3)18(5)33-26/h7-8,11-14,16-17H,6,9-10,15H2,1-5H3,(H,31,32,34,35)/t17-/m0/s1. The van der Waals surface area contributed by atoms with E-state index in [2.05, 4.69) is 37.1 Å². The van der Waals surface area contributed by atoms with Crippen LogP contribution in [0.4, 0.5) is 20.5 Å². The maximum absolute atomic E-state index is 15.0. The summed E-state index contributed by atoms with van der Waals surface area (Å²) in [6.07, 6.45) is 2.54. The number of pyridine rings is 1. The third-order valence-corrected chi connectivity index (χ3v) is 7.13. The number of aromatic nitrogens is 5. The molecule has 4 heterocycles. The molecule has 9 nitrogen and oxygen atoms in total. The number of likely N-dealkylation sites (N-methyl/N-ethyl adjacent to an activating group) is 1. The van der Waals surface area contributed by atoms with Gasteiger partial charge in [0.2, 0.25) is 5.95 Å². The van der Waals surface area contributed by atoms with Gasteiger partial charge in [-0.3, -0.25) is 9.69 Å². The van der Waals surface area contributed by atoms with Crippen molar-refractivity contribution in [1.29, 1.82) is 0 Å². The van der Waals surface area contributed by atoms with Gasteiger partial charge >= 0.3 is 0 Å². The van der Waals surface area contributed by atoms with Gasteiger partial charge in [-0.2, -0.15) is 0 Å². The van der Waals surface area contributed by atoms with Crippen molar-refractivity contribution in [3.05, 3.63) is 59.7 Å². The normalized spacial score (nSPS) is 16.3.